The first kappa shape index (κ1) is 13.4. The van der Waals surface area contributed by atoms with E-state index < -0.39 is 11.6 Å². The fraction of sp³-hybridized carbons (Fsp3) is 0.231. The molecule has 6 heteroatoms. The molecule has 1 aromatic heterocycles. The van der Waals surface area contributed by atoms with Crippen LogP contribution in [0.1, 0.15) is 12.6 Å². The van der Waals surface area contributed by atoms with Crippen LogP contribution in [0.5, 0.6) is 0 Å². The van der Waals surface area contributed by atoms with Crippen LogP contribution in [0, 0.1) is 11.6 Å². The van der Waals surface area contributed by atoms with Crippen LogP contribution in [-0.2, 0) is 13.2 Å². The summed E-state index contributed by atoms with van der Waals surface area (Å²) in [5.41, 5.74) is 2.02. The van der Waals surface area contributed by atoms with Crippen LogP contribution in [0.2, 0.25) is 0 Å². The summed E-state index contributed by atoms with van der Waals surface area (Å²) in [5.74, 6) is -1.88. The Morgan fingerprint density at radius 1 is 1.37 bits per heavy atom. The number of aliphatic hydroxyl groups excluding tert-OH is 1. The lowest BCUT2D eigenvalue weighted by atomic mass is 10.1. The average molecular weight is 265 g/mol. The van der Waals surface area contributed by atoms with E-state index in [9.17, 15) is 13.9 Å². The molecule has 1 heterocycles. The largest absolute Gasteiger partial charge is 0.390 e. The number of hydrogen-bond donors (Lipinski definition) is 1. The average Bonchev–Trinajstić information content (AvgIpc) is 2.74. The molecular formula is C13H13F2N3O. The molecule has 0 saturated carbocycles. The standard InChI is InChI=1S/C13H13F2N3O/c1-8(2)6-18-13(12(7-19)16-17-18)9-3-4-10(14)11(15)5-9/h3-5,19H,1,6-7H2,2H3. The minimum absolute atomic E-state index is 0.312. The molecule has 19 heavy (non-hydrogen) atoms. The summed E-state index contributed by atoms with van der Waals surface area (Å²) in [5, 5.41) is 17.0. The van der Waals surface area contributed by atoms with E-state index >= 15 is 0 Å². The lowest BCUT2D eigenvalue weighted by molar-refractivity contribution is 0.277. The van der Waals surface area contributed by atoms with Gasteiger partial charge in [-0.3, -0.25) is 0 Å². The Kier molecular flexibility index (Phi) is 3.71. The fourth-order valence-electron chi connectivity index (χ4n) is 1.78. The van der Waals surface area contributed by atoms with Gasteiger partial charge in [0.1, 0.15) is 5.69 Å². The molecule has 2 rings (SSSR count). The van der Waals surface area contributed by atoms with Gasteiger partial charge in [0, 0.05) is 5.56 Å². The van der Waals surface area contributed by atoms with E-state index in [1.54, 1.807) is 0 Å². The quantitative estimate of drug-likeness (QED) is 0.863. The summed E-state index contributed by atoms with van der Waals surface area (Å²) in [4.78, 5) is 0. The third-order valence-electron chi connectivity index (χ3n) is 2.57. The first-order valence-electron chi connectivity index (χ1n) is 5.66. The van der Waals surface area contributed by atoms with Crippen LogP contribution in [0.3, 0.4) is 0 Å². The highest BCUT2D eigenvalue weighted by Gasteiger charge is 2.16. The van der Waals surface area contributed by atoms with Crippen LogP contribution in [-0.4, -0.2) is 20.1 Å². The number of aromatic nitrogens is 3. The van der Waals surface area contributed by atoms with Gasteiger partial charge >= 0.3 is 0 Å². The van der Waals surface area contributed by atoms with E-state index in [-0.39, 0.29) is 6.61 Å². The lowest BCUT2D eigenvalue weighted by Gasteiger charge is -2.08. The van der Waals surface area contributed by atoms with Gasteiger partial charge < -0.3 is 5.11 Å². The zero-order chi connectivity index (χ0) is 14.0. The van der Waals surface area contributed by atoms with Crippen molar-refractivity contribution >= 4 is 0 Å². The maximum absolute atomic E-state index is 13.3. The highest BCUT2D eigenvalue weighted by atomic mass is 19.2. The zero-order valence-corrected chi connectivity index (χ0v) is 10.4. The third kappa shape index (κ3) is 2.68. The van der Waals surface area contributed by atoms with E-state index in [4.69, 9.17) is 0 Å². The predicted octanol–water partition coefficient (Wildman–Crippen LogP) is 2.29. The molecule has 0 radical (unpaired) electrons. The Hall–Kier alpha value is -2.08. The van der Waals surface area contributed by atoms with E-state index in [1.807, 2.05) is 6.92 Å². The third-order valence-corrected chi connectivity index (χ3v) is 2.57. The monoisotopic (exact) mass is 265 g/mol. The molecule has 4 nitrogen and oxygen atoms in total. The maximum atomic E-state index is 13.3. The minimum atomic E-state index is -0.954. The van der Waals surface area contributed by atoms with Gasteiger partial charge in [-0.1, -0.05) is 17.4 Å². The molecule has 0 fully saturated rings. The van der Waals surface area contributed by atoms with Gasteiger partial charge in [-0.2, -0.15) is 0 Å². The lowest BCUT2D eigenvalue weighted by Crippen LogP contribution is -2.04. The topological polar surface area (TPSA) is 50.9 Å². The molecule has 0 bridgehead atoms. The molecule has 0 aliphatic heterocycles. The van der Waals surface area contributed by atoms with E-state index in [0.717, 1.165) is 17.7 Å². The van der Waals surface area contributed by atoms with Crippen LogP contribution < -0.4 is 0 Å². The minimum Gasteiger partial charge on any atom is -0.390 e. The molecule has 100 valence electrons. The van der Waals surface area contributed by atoms with Crippen molar-refractivity contribution in [2.75, 3.05) is 0 Å². The van der Waals surface area contributed by atoms with Crippen molar-refractivity contribution in [3.63, 3.8) is 0 Å². The number of rotatable bonds is 4. The second kappa shape index (κ2) is 5.27. The van der Waals surface area contributed by atoms with Gasteiger partial charge in [0.05, 0.1) is 18.8 Å². The van der Waals surface area contributed by atoms with Crippen LogP contribution in [0.25, 0.3) is 11.3 Å². The van der Waals surface area contributed by atoms with Gasteiger partial charge in [0.15, 0.2) is 11.6 Å². The van der Waals surface area contributed by atoms with E-state index in [2.05, 4.69) is 16.9 Å². The first-order chi connectivity index (χ1) is 9.02. The summed E-state index contributed by atoms with van der Waals surface area (Å²) in [7, 11) is 0. The van der Waals surface area contributed by atoms with E-state index in [1.165, 1.54) is 10.7 Å². The van der Waals surface area contributed by atoms with Crippen LogP contribution in [0.4, 0.5) is 8.78 Å². The Balaban J connectivity index is 2.54. The van der Waals surface area contributed by atoms with Crippen molar-refractivity contribution in [3.05, 3.63) is 47.7 Å². The zero-order valence-electron chi connectivity index (χ0n) is 10.4. The molecule has 0 saturated heterocycles. The maximum Gasteiger partial charge on any atom is 0.159 e. The SMILES string of the molecule is C=C(C)Cn1nnc(CO)c1-c1ccc(F)c(F)c1. The Morgan fingerprint density at radius 3 is 2.68 bits per heavy atom. The number of halogens is 2. The smallest absolute Gasteiger partial charge is 0.159 e. The Bertz CT molecular complexity index is 622. The number of hydrogen-bond acceptors (Lipinski definition) is 3. The Morgan fingerprint density at radius 2 is 2.11 bits per heavy atom. The Labute approximate surface area is 109 Å². The second-order valence-corrected chi connectivity index (χ2v) is 4.29. The summed E-state index contributed by atoms with van der Waals surface area (Å²) in [6.45, 7) is 5.64. The van der Waals surface area contributed by atoms with Gasteiger partial charge in [0.25, 0.3) is 0 Å². The highest BCUT2D eigenvalue weighted by Crippen LogP contribution is 2.24. The molecule has 0 amide bonds. The molecule has 0 aliphatic carbocycles. The number of benzene rings is 1. The molecular weight excluding hydrogens is 252 g/mol. The number of allylic oxidation sites excluding steroid dienone is 1. The molecule has 0 unspecified atom stereocenters. The molecule has 2 aromatic rings. The molecule has 1 N–H and O–H groups in total. The second-order valence-electron chi connectivity index (χ2n) is 4.29. The van der Waals surface area contributed by atoms with Crippen LogP contribution in [0.15, 0.2) is 30.4 Å². The van der Waals surface area contributed by atoms with Gasteiger partial charge in [-0.15, -0.1) is 5.10 Å². The fourth-order valence-corrected chi connectivity index (χ4v) is 1.78. The van der Waals surface area contributed by atoms with Crippen molar-refractivity contribution in [3.8, 4) is 11.3 Å². The molecule has 1 aromatic carbocycles. The summed E-state index contributed by atoms with van der Waals surface area (Å²) < 4.78 is 27.8. The van der Waals surface area contributed by atoms with Crippen molar-refractivity contribution in [2.24, 2.45) is 0 Å². The number of nitrogens with zero attached hydrogens (tertiary/aromatic N) is 3. The summed E-state index contributed by atoms with van der Waals surface area (Å²) in [6.07, 6.45) is 0. The van der Waals surface area contributed by atoms with Crippen molar-refractivity contribution < 1.29 is 13.9 Å². The van der Waals surface area contributed by atoms with Crippen molar-refractivity contribution in [1.82, 2.24) is 15.0 Å². The summed E-state index contributed by atoms with van der Waals surface area (Å²) in [6, 6.07) is 3.51. The van der Waals surface area contributed by atoms with Crippen molar-refractivity contribution in [1.29, 1.82) is 0 Å². The number of aliphatic hydroxyl groups is 1. The summed E-state index contributed by atoms with van der Waals surface area (Å²) >= 11 is 0. The predicted molar refractivity (Wildman–Crippen MR) is 66.1 cm³/mol. The normalized spacial score (nSPS) is 10.7. The highest BCUT2D eigenvalue weighted by molar-refractivity contribution is 5.62. The van der Waals surface area contributed by atoms with Gasteiger partial charge in [0.2, 0.25) is 0 Å². The molecule has 0 atom stereocenters. The van der Waals surface area contributed by atoms with Gasteiger partial charge in [-0.05, 0) is 25.1 Å². The van der Waals surface area contributed by atoms with E-state index in [0.29, 0.717) is 23.5 Å². The van der Waals surface area contributed by atoms with Gasteiger partial charge in [-0.25, -0.2) is 13.5 Å². The van der Waals surface area contributed by atoms with Crippen molar-refractivity contribution in [2.45, 2.75) is 20.1 Å². The first-order valence-corrected chi connectivity index (χ1v) is 5.66. The van der Waals surface area contributed by atoms with Crippen LogP contribution >= 0.6 is 0 Å². The molecule has 0 spiro atoms. The molecule has 0 aliphatic rings.